The molecule has 4 nitrogen and oxygen atoms in total. The Morgan fingerprint density at radius 3 is 2.81 bits per heavy atom. The molecule has 0 unspecified atom stereocenters. The summed E-state index contributed by atoms with van der Waals surface area (Å²) in [6, 6.07) is 7.90. The van der Waals surface area contributed by atoms with Gasteiger partial charge >= 0.3 is 0 Å². The number of amides is 1. The maximum atomic E-state index is 11.0. The molecule has 1 aliphatic heterocycles. The van der Waals surface area contributed by atoms with E-state index in [1.165, 1.54) is 6.92 Å². The number of carbonyl (C=O) groups excluding carboxylic acids is 1. The molecule has 84 valence electrons. The van der Waals surface area contributed by atoms with Gasteiger partial charge in [-0.1, -0.05) is 24.4 Å². The third kappa shape index (κ3) is 1.86. The van der Waals surface area contributed by atoms with Gasteiger partial charge in [0.1, 0.15) is 11.7 Å². The molecule has 0 atom stereocenters. The standard InChI is InChI=1S/C11H13N3OS/c1-8(15)12-14-7-13(2)10-6-4-3-5-9(10)11(14)16/h3-6H,7H2,1-2H3,(H,12,15). The molecule has 0 saturated heterocycles. The first-order valence-corrected chi connectivity index (χ1v) is 5.39. The smallest absolute Gasteiger partial charge is 0.235 e. The number of para-hydroxylation sites is 1. The van der Waals surface area contributed by atoms with Crippen LogP contribution in [0.5, 0.6) is 0 Å². The van der Waals surface area contributed by atoms with Crippen molar-refractivity contribution in [3.05, 3.63) is 29.8 Å². The highest BCUT2D eigenvalue weighted by molar-refractivity contribution is 7.80. The van der Waals surface area contributed by atoms with Crippen LogP contribution in [-0.4, -0.2) is 29.6 Å². The number of fused-ring (bicyclic) bond motifs is 1. The van der Waals surface area contributed by atoms with E-state index in [9.17, 15) is 4.79 Å². The summed E-state index contributed by atoms with van der Waals surface area (Å²) in [5.41, 5.74) is 4.78. The minimum Gasteiger partial charge on any atom is -0.355 e. The molecule has 0 aromatic heterocycles. The summed E-state index contributed by atoms with van der Waals surface area (Å²) in [7, 11) is 1.97. The van der Waals surface area contributed by atoms with Crippen LogP contribution >= 0.6 is 12.2 Å². The Kier molecular flexibility index (Phi) is 2.78. The normalized spacial score (nSPS) is 14.8. The molecule has 0 spiro atoms. The topological polar surface area (TPSA) is 35.6 Å². The summed E-state index contributed by atoms with van der Waals surface area (Å²) < 4.78 is 0. The van der Waals surface area contributed by atoms with E-state index in [-0.39, 0.29) is 5.91 Å². The molecule has 1 amide bonds. The van der Waals surface area contributed by atoms with Gasteiger partial charge in [-0.2, -0.15) is 0 Å². The predicted molar refractivity (Wildman–Crippen MR) is 67.1 cm³/mol. The van der Waals surface area contributed by atoms with Gasteiger partial charge < -0.3 is 4.90 Å². The summed E-state index contributed by atoms with van der Waals surface area (Å²) in [6.45, 7) is 2.04. The second kappa shape index (κ2) is 4.09. The quantitative estimate of drug-likeness (QED) is 0.740. The van der Waals surface area contributed by atoms with E-state index in [0.717, 1.165) is 11.3 Å². The molecule has 1 aromatic rings. The van der Waals surface area contributed by atoms with Crippen LogP contribution in [0.4, 0.5) is 5.69 Å². The van der Waals surface area contributed by atoms with E-state index in [1.807, 2.05) is 36.2 Å². The number of thiocarbonyl (C=S) groups is 1. The molecule has 0 saturated carbocycles. The molecule has 2 rings (SSSR count). The zero-order chi connectivity index (χ0) is 11.7. The van der Waals surface area contributed by atoms with Gasteiger partial charge in [0.2, 0.25) is 5.91 Å². The van der Waals surface area contributed by atoms with Gasteiger partial charge in [-0.05, 0) is 12.1 Å². The summed E-state index contributed by atoms with van der Waals surface area (Å²) in [5.74, 6) is -0.116. The van der Waals surface area contributed by atoms with Gasteiger partial charge in [-0.15, -0.1) is 0 Å². The average molecular weight is 235 g/mol. The number of nitrogens with zero attached hydrogens (tertiary/aromatic N) is 2. The lowest BCUT2D eigenvalue weighted by Crippen LogP contribution is -2.53. The second-order valence-corrected chi connectivity index (χ2v) is 4.14. The van der Waals surface area contributed by atoms with E-state index in [2.05, 4.69) is 5.43 Å². The van der Waals surface area contributed by atoms with Crippen molar-refractivity contribution in [3.8, 4) is 0 Å². The fourth-order valence-electron chi connectivity index (χ4n) is 1.76. The Morgan fingerprint density at radius 2 is 2.12 bits per heavy atom. The van der Waals surface area contributed by atoms with E-state index in [0.29, 0.717) is 11.7 Å². The van der Waals surface area contributed by atoms with Crippen LogP contribution in [0.15, 0.2) is 24.3 Å². The van der Waals surface area contributed by atoms with Crippen LogP contribution in [0.25, 0.3) is 0 Å². The number of carbonyl (C=O) groups is 1. The van der Waals surface area contributed by atoms with Crippen molar-refractivity contribution in [2.75, 3.05) is 18.6 Å². The monoisotopic (exact) mass is 235 g/mol. The van der Waals surface area contributed by atoms with E-state index >= 15 is 0 Å². The van der Waals surface area contributed by atoms with Gasteiger partial charge in [0.05, 0.1) is 0 Å². The Balaban J connectivity index is 2.34. The molecule has 1 heterocycles. The van der Waals surface area contributed by atoms with Crippen molar-refractivity contribution in [3.63, 3.8) is 0 Å². The number of hydrogen-bond donors (Lipinski definition) is 1. The van der Waals surface area contributed by atoms with Crippen molar-refractivity contribution in [1.82, 2.24) is 10.4 Å². The Labute approximate surface area is 99.8 Å². The molecular weight excluding hydrogens is 222 g/mol. The molecule has 0 fully saturated rings. The van der Waals surface area contributed by atoms with Crippen LogP contribution in [0.2, 0.25) is 0 Å². The fraction of sp³-hybridized carbons (Fsp3) is 0.273. The second-order valence-electron chi connectivity index (χ2n) is 3.76. The van der Waals surface area contributed by atoms with Crippen LogP contribution in [0.1, 0.15) is 12.5 Å². The van der Waals surface area contributed by atoms with Crippen molar-refractivity contribution in [2.45, 2.75) is 6.92 Å². The summed E-state index contributed by atoms with van der Waals surface area (Å²) >= 11 is 5.34. The van der Waals surface area contributed by atoms with Crippen molar-refractivity contribution >= 4 is 28.8 Å². The van der Waals surface area contributed by atoms with Crippen LogP contribution in [-0.2, 0) is 4.79 Å². The van der Waals surface area contributed by atoms with E-state index in [1.54, 1.807) is 5.01 Å². The van der Waals surface area contributed by atoms with Gasteiger partial charge in [0, 0.05) is 25.2 Å². The minimum absolute atomic E-state index is 0.116. The molecule has 16 heavy (non-hydrogen) atoms. The van der Waals surface area contributed by atoms with Crippen molar-refractivity contribution in [2.24, 2.45) is 0 Å². The van der Waals surface area contributed by atoms with Crippen LogP contribution < -0.4 is 10.3 Å². The van der Waals surface area contributed by atoms with Crippen LogP contribution in [0.3, 0.4) is 0 Å². The lowest BCUT2D eigenvalue weighted by Gasteiger charge is -2.37. The molecule has 1 aromatic carbocycles. The molecule has 0 aliphatic carbocycles. The number of rotatable bonds is 1. The summed E-state index contributed by atoms with van der Waals surface area (Å²) in [5, 5.41) is 1.68. The maximum absolute atomic E-state index is 11.0. The highest BCUT2D eigenvalue weighted by Crippen LogP contribution is 2.25. The van der Waals surface area contributed by atoms with Crippen molar-refractivity contribution in [1.29, 1.82) is 0 Å². The lowest BCUT2D eigenvalue weighted by molar-refractivity contribution is -0.122. The third-order valence-electron chi connectivity index (χ3n) is 2.44. The molecular formula is C11H13N3OS. The number of hydrazine groups is 1. The fourth-order valence-corrected chi connectivity index (χ4v) is 2.04. The number of anilines is 1. The number of hydrogen-bond acceptors (Lipinski definition) is 3. The van der Waals surface area contributed by atoms with Gasteiger partial charge in [0.15, 0.2) is 0 Å². The van der Waals surface area contributed by atoms with Crippen LogP contribution in [0, 0.1) is 0 Å². The number of benzene rings is 1. The molecule has 0 bridgehead atoms. The summed E-state index contributed by atoms with van der Waals surface area (Å²) in [4.78, 5) is 13.7. The first-order valence-electron chi connectivity index (χ1n) is 4.99. The minimum atomic E-state index is -0.116. The van der Waals surface area contributed by atoms with Gasteiger partial charge in [-0.25, -0.2) is 0 Å². The highest BCUT2D eigenvalue weighted by Gasteiger charge is 2.24. The first kappa shape index (κ1) is 10.9. The Morgan fingerprint density at radius 1 is 1.44 bits per heavy atom. The van der Waals surface area contributed by atoms with Crippen molar-refractivity contribution < 1.29 is 4.79 Å². The predicted octanol–water partition coefficient (Wildman–Crippen LogP) is 1.12. The maximum Gasteiger partial charge on any atom is 0.235 e. The SMILES string of the molecule is CC(=O)NN1CN(C)c2ccccc2C1=S. The summed E-state index contributed by atoms with van der Waals surface area (Å²) in [6.07, 6.45) is 0. The first-order chi connectivity index (χ1) is 7.59. The zero-order valence-corrected chi connectivity index (χ0v) is 10.0. The van der Waals surface area contributed by atoms with Gasteiger partial charge in [0.25, 0.3) is 0 Å². The average Bonchev–Trinajstić information content (AvgIpc) is 2.25. The molecule has 1 N–H and O–H groups in total. The molecule has 5 heteroatoms. The van der Waals surface area contributed by atoms with E-state index in [4.69, 9.17) is 12.2 Å². The largest absolute Gasteiger partial charge is 0.355 e. The molecule has 0 radical (unpaired) electrons. The number of nitrogens with one attached hydrogen (secondary N) is 1. The Bertz CT molecular complexity index is 447. The van der Waals surface area contributed by atoms with Gasteiger partial charge in [-0.3, -0.25) is 15.2 Å². The zero-order valence-electron chi connectivity index (χ0n) is 9.23. The molecule has 1 aliphatic rings. The third-order valence-corrected chi connectivity index (χ3v) is 2.88. The highest BCUT2D eigenvalue weighted by atomic mass is 32.1. The lowest BCUT2D eigenvalue weighted by atomic mass is 10.1. The van der Waals surface area contributed by atoms with E-state index < -0.39 is 0 Å². The Hall–Kier alpha value is -1.62.